The normalized spacial score (nSPS) is 29.6. The third-order valence-corrected chi connectivity index (χ3v) is 3.89. The Hall–Kier alpha value is -0.590. The van der Waals surface area contributed by atoms with Crippen LogP contribution in [0.2, 0.25) is 0 Å². The molecule has 1 fully saturated rings. The van der Waals surface area contributed by atoms with Crippen molar-refractivity contribution >= 4 is 0 Å². The van der Waals surface area contributed by atoms with Gasteiger partial charge in [-0.2, -0.15) is 5.26 Å². The number of rotatable bonds is 5. The molecule has 0 aliphatic carbocycles. The lowest BCUT2D eigenvalue weighted by Crippen LogP contribution is -2.56. The first-order valence-electron chi connectivity index (χ1n) is 6.94. The first-order chi connectivity index (χ1) is 8.02. The van der Waals surface area contributed by atoms with Crippen LogP contribution in [0.25, 0.3) is 0 Å². The van der Waals surface area contributed by atoms with Gasteiger partial charge in [0.2, 0.25) is 0 Å². The van der Waals surface area contributed by atoms with Gasteiger partial charge >= 0.3 is 0 Å². The van der Waals surface area contributed by atoms with Gasteiger partial charge in [-0.3, -0.25) is 10.2 Å². The molecule has 0 spiro atoms. The summed E-state index contributed by atoms with van der Waals surface area (Å²) >= 11 is 0. The van der Waals surface area contributed by atoms with Gasteiger partial charge in [0.1, 0.15) is 5.54 Å². The SMILES string of the molecule is CCCNC(C)(C#N)CN1C(C)CCCC1C. The summed E-state index contributed by atoms with van der Waals surface area (Å²) in [5.41, 5.74) is -0.407. The molecule has 1 aliphatic heterocycles. The maximum atomic E-state index is 9.38. The third-order valence-electron chi connectivity index (χ3n) is 3.89. The molecule has 3 nitrogen and oxygen atoms in total. The van der Waals surface area contributed by atoms with Crippen molar-refractivity contribution in [2.24, 2.45) is 0 Å². The average Bonchev–Trinajstić information content (AvgIpc) is 2.32. The van der Waals surface area contributed by atoms with Crippen molar-refractivity contribution in [3.63, 3.8) is 0 Å². The molecule has 0 amide bonds. The summed E-state index contributed by atoms with van der Waals surface area (Å²) in [5.74, 6) is 0. The molecular weight excluding hydrogens is 210 g/mol. The lowest BCUT2D eigenvalue weighted by Gasteiger charge is -2.42. The maximum absolute atomic E-state index is 9.38. The van der Waals surface area contributed by atoms with Gasteiger partial charge < -0.3 is 0 Å². The van der Waals surface area contributed by atoms with E-state index in [-0.39, 0.29) is 0 Å². The van der Waals surface area contributed by atoms with E-state index in [4.69, 9.17) is 0 Å². The summed E-state index contributed by atoms with van der Waals surface area (Å²) in [6.07, 6.45) is 4.92. The summed E-state index contributed by atoms with van der Waals surface area (Å²) in [7, 11) is 0. The van der Waals surface area contributed by atoms with E-state index in [0.717, 1.165) is 19.5 Å². The molecule has 98 valence electrons. The zero-order valence-corrected chi connectivity index (χ0v) is 11.8. The number of nitriles is 1. The number of nitrogens with one attached hydrogen (secondary N) is 1. The summed E-state index contributed by atoms with van der Waals surface area (Å²) < 4.78 is 0. The van der Waals surface area contributed by atoms with Gasteiger partial charge in [0.15, 0.2) is 0 Å². The Balaban J connectivity index is 2.62. The lowest BCUT2D eigenvalue weighted by molar-refractivity contribution is 0.0816. The molecule has 3 atom stereocenters. The predicted molar refractivity (Wildman–Crippen MR) is 71.8 cm³/mol. The van der Waals surface area contributed by atoms with Crippen molar-refractivity contribution in [3.05, 3.63) is 0 Å². The number of likely N-dealkylation sites (tertiary alicyclic amines) is 1. The van der Waals surface area contributed by atoms with Crippen LogP contribution in [0.3, 0.4) is 0 Å². The van der Waals surface area contributed by atoms with Crippen LogP contribution in [-0.2, 0) is 0 Å². The van der Waals surface area contributed by atoms with E-state index >= 15 is 0 Å². The highest BCUT2D eigenvalue weighted by Gasteiger charge is 2.32. The molecule has 3 unspecified atom stereocenters. The van der Waals surface area contributed by atoms with E-state index in [1.807, 2.05) is 6.92 Å². The Kier molecular flexibility index (Phi) is 5.42. The van der Waals surface area contributed by atoms with Crippen LogP contribution < -0.4 is 5.32 Å². The van der Waals surface area contributed by atoms with Gasteiger partial charge in [0.25, 0.3) is 0 Å². The van der Waals surface area contributed by atoms with Crippen molar-refractivity contribution in [3.8, 4) is 6.07 Å². The quantitative estimate of drug-likeness (QED) is 0.798. The van der Waals surface area contributed by atoms with Gasteiger partial charge in [-0.1, -0.05) is 13.3 Å². The average molecular weight is 237 g/mol. The second-order valence-corrected chi connectivity index (χ2v) is 5.67. The number of nitrogens with zero attached hydrogens (tertiary/aromatic N) is 2. The molecule has 0 aromatic rings. The van der Waals surface area contributed by atoms with Crippen LogP contribution in [0.1, 0.15) is 53.4 Å². The van der Waals surface area contributed by atoms with Crippen molar-refractivity contribution in [1.82, 2.24) is 10.2 Å². The molecule has 1 N–H and O–H groups in total. The molecule has 1 rings (SSSR count). The molecule has 0 aromatic heterocycles. The minimum Gasteiger partial charge on any atom is -0.299 e. The predicted octanol–water partition coefficient (Wildman–Crippen LogP) is 2.53. The summed E-state index contributed by atoms with van der Waals surface area (Å²) in [6.45, 7) is 10.5. The molecule has 0 bridgehead atoms. The molecule has 1 saturated heterocycles. The van der Waals surface area contributed by atoms with E-state index < -0.39 is 5.54 Å². The van der Waals surface area contributed by atoms with Crippen LogP contribution in [0.15, 0.2) is 0 Å². The van der Waals surface area contributed by atoms with Gasteiger partial charge in [0, 0.05) is 18.6 Å². The van der Waals surface area contributed by atoms with Crippen molar-refractivity contribution in [2.75, 3.05) is 13.1 Å². The fraction of sp³-hybridized carbons (Fsp3) is 0.929. The fourth-order valence-electron chi connectivity index (χ4n) is 2.68. The number of hydrogen-bond acceptors (Lipinski definition) is 3. The lowest BCUT2D eigenvalue weighted by atomic mass is 9.93. The molecule has 0 radical (unpaired) electrons. The van der Waals surface area contributed by atoms with E-state index in [1.54, 1.807) is 0 Å². The highest BCUT2D eigenvalue weighted by Crippen LogP contribution is 2.24. The summed E-state index contributed by atoms with van der Waals surface area (Å²) in [5, 5.41) is 12.8. The second kappa shape index (κ2) is 6.37. The standard InChI is InChI=1S/C14H27N3/c1-5-9-16-14(4,10-15)11-17-12(2)7-6-8-13(17)3/h12-13,16H,5-9,11H2,1-4H3. The smallest absolute Gasteiger partial charge is 0.116 e. The Morgan fingerprint density at radius 1 is 1.35 bits per heavy atom. The second-order valence-electron chi connectivity index (χ2n) is 5.67. The molecule has 17 heavy (non-hydrogen) atoms. The van der Waals surface area contributed by atoms with Gasteiger partial charge in [-0.05, 0) is 46.6 Å². The Labute approximate surface area is 106 Å². The summed E-state index contributed by atoms with van der Waals surface area (Å²) in [4.78, 5) is 2.50. The zero-order valence-electron chi connectivity index (χ0n) is 11.8. The first kappa shape index (κ1) is 14.5. The van der Waals surface area contributed by atoms with Crippen LogP contribution >= 0.6 is 0 Å². The monoisotopic (exact) mass is 237 g/mol. The van der Waals surface area contributed by atoms with E-state index in [2.05, 4.69) is 37.1 Å². The van der Waals surface area contributed by atoms with Crippen molar-refractivity contribution < 1.29 is 0 Å². The highest BCUT2D eigenvalue weighted by molar-refractivity contribution is 5.06. The first-order valence-corrected chi connectivity index (χ1v) is 6.94. The van der Waals surface area contributed by atoms with E-state index in [1.165, 1.54) is 19.3 Å². The zero-order chi connectivity index (χ0) is 12.9. The molecule has 1 aliphatic rings. The van der Waals surface area contributed by atoms with Crippen LogP contribution in [0.4, 0.5) is 0 Å². The Morgan fingerprint density at radius 2 is 1.94 bits per heavy atom. The molecular formula is C14H27N3. The largest absolute Gasteiger partial charge is 0.299 e. The number of piperidine rings is 1. The van der Waals surface area contributed by atoms with Crippen molar-refractivity contribution in [1.29, 1.82) is 5.26 Å². The topological polar surface area (TPSA) is 39.1 Å². The van der Waals surface area contributed by atoms with Gasteiger partial charge in [-0.25, -0.2) is 0 Å². The van der Waals surface area contributed by atoms with E-state index in [0.29, 0.717) is 12.1 Å². The van der Waals surface area contributed by atoms with Crippen LogP contribution in [0.5, 0.6) is 0 Å². The fourth-order valence-corrected chi connectivity index (χ4v) is 2.68. The molecule has 0 saturated carbocycles. The Bertz CT molecular complexity index is 261. The third kappa shape index (κ3) is 3.97. The van der Waals surface area contributed by atoms with Crippen molar-refractivity contribution in [2.45, 2.75) is 71.0 Å². The van der Waals surface area contributed by atoms with E-state index in [9.17, 15) is 5.26 Å². The molecule has 1 heterocycles. The van der Waals surface area contributed by atoms with Gasteiger partial charge in [0.05, 0.1) is 6.07 Å². The Morgan fingerprint density at radius 3 is 2.41 bits per heavy atom. The highest BCUT2D eigenvalue weighted by atomic mass is 15.2. The van der Waals surface area contributed by atoms with Gasteiger partial charge in [-0.15, -0.1) is 0 Å². The van der Waals surface area contributed by atoms with Crippen LogP contribution in [0, 0.1) is 11.3 Å². The number of hydrogen-bond donors (Lipinski definition) is 1. The minimum absolute atomic E-state index is 0.407. The molecule has 0 aromatic carbocycles. The molecule has 3 heteroatoms. The maximum Gasteiger partial charge on any atom is 0.116 e. The minimum atomic E-state index is -0.407. The van der Waals surface area contributed by atoms with Crippen LogP contribution in [-0.4, -0.2) is 35.6 Å². The summed E-state index contributed by atoms with van der Waals surface area (Å²) in [6, 6.07) is 3.66.